The fraction of sp³-hybridized carbons (Fsp3) is 0.579. The van der Waals surface area contributed by atoms with Gasteiger partial charge in [0.2, 0.25) is 5.91 Å². The molecule has 2 aliphatic rings. The highest BCUT2D eigenvalue weighted by atomic mass is 16.5. The Balaban J connectivity index is 1.73. The Morgan fingerprint density at radius 1 is 1.33 bits per heavy atom. The number of carbonyl (C=O) groups is 1. The van der Waals surface area contributed by atoms with Crippen LogP contribution >= 0.6 is 0 Å². The summed E-state index contributed by atoms with van der Waals surface area (Å²) in [6, 6.07) is 10.1. The summed E-state index contributed by atoms with van der Waals surface area (Å²) in [5.74, 6) is 0.746. The van der Waals surface area contributed by atoms with Gasteiger partial charge in [0.1, 0.15) is 11.4 Å². The number of carbonyl (C=O) groups excluding carboxylic acids is 1. The minimum atomic E-state index is -0.595. The van der Waals surface area contributed by atoms with Crippen LogP contribution in [0.15, 0.2) is 24.3 Å². The summed E-state index contributed by atoms with van der Waals surface area (Å²) in [4.78, 5) is 12.6. The second kappa shape index (κ2) is 6.45. The summed E-state index contributed by atoms with van der Waals surface area (Å²) < 4.78 is 11.3. The maximum absolute atomic E-state index is 12.6. The number of hydrogen-bond acceptors (Lipinski definition) is 4. The van der Waals surface area contributed by atoms with E-state index >= 15 is 0 Å². The predicted molar refractivity (Wildman–Crippen MR) is 89.4 cm³/mol. The van der Waals surface area contributed by atoms with Crippen LogP contribution < -0.4 is 10.1 Å². The molecule has 2 aliphatic heterocycles. The third kappa shape index (κ3) is 3.54. The highest BCUT2D eigenvalue weighted by Crippen LogP contribution is 2.40. The maximum Gasteiger partial charge on any atom is 0.222 e. The summed E-state index contributed by atoms with van der Waals surface area (Å²) in [5.41, 5.74) is 0.0728. The Morgan fingerprint density at radius 3 is 2.75 bits per heavy atom. The van der Waals surface area contributed by atoms with E-state index in [2.05, 4.69) is 11.4 Å². The third-order valence-electron chi connectivity index (χ3n) is 4.90. The molecule has 128 valence electrons. The molecule has 1 aromatic rings. The molecule has 0 spiro atoms. The molecule has 1 fully saturated rings. The summed E-state index contributed by atoms with van der Waals surface area (Å²) in [5, 5.41) is 12.7. The average molecular weight is 328 g/mol. The number of para-hydroxylation sites is 1. The zero-order valence-electron chi connectivity index (χ0n) is 14.3. The molecule has 1 amide bonds. The first-order valence-electron chi connectivity index (χ1n) is 8.49. The van der Waals surface area contributed by atoms with Crippen LogP contribution in [0.25, 0.3) is 0 Å². The zero-order valence-corrected chi connectivity index (χ0v) is 14.3. The minimum Gasteiger partial charge on any atom is -0.487 e. The fourth-order valence-corrected chi connectivity index (χ4v) is 3.57. The third-order valence-corrected chi connectivity index (χ3v) is 4.90. The van der Waals surface area contributed by atoms with Crippen molar-refractivity contribution in [2.24, 2.45) is 5.41 Å². The summed E-state index contributed by atoms with van der Waals surface area (Å²) in [6.07, 6.45) is 2.17. The van der Waals surface area contributed by atoms with Gasteiger partial charge in [-0.3, -0.25) is 4.79 Å². The molecule has 0 aliphatic carbocycles. The lowest BCUT2D eigenvalue weighted by atomic mass is 9.78. The highest BCUT2D eigenvalue weighted by Gasteiger charge is 2.38. The molecule has 1 unspecified atom stereocenters. The van der Waals surface area contributed by atoms with Crippen molar-refractivity contribution in [3.05, 3.63) is 29.8 Å². The van der Waals surface area contributed by atoms with E-state index in [1.54, 1.807) is 0 Å². The van der Waals surface area contributed by atoms with Gasteiger partial charge < -0.3 is 14.8 Å². The van der Waals surface area contributed by atoms with Crippen LogP contribution in [0, 0.1) is 16.7 Å². The largest absolute Gasteiger partial charge is 0.487 e. The number of amides is 1. The molecule has 0 bridgehead atoms. The van der Waals surface area contributed by atoms with E-state index in [-0.39, 0.29) is 24.0 Å². The van der Waals surface area contributed by atoms with Crippen LogP contribution in [0.1, 0.15) is 51.1 Å². The van der Waals surface area contributed by atoms with E-state index in [0.29, 0.717) is 32.5 Å². The summed E-state index contributed by atoms with van der Waals surface area (Å²) >= 11 is 0. The van der Waals surface area contributed by atoms with Crippen molar-refractivity contribution in [3.8, 4) is 11.8 Å². The Morgan fingerprint density at radius 2 is 2.04 bits per heavy atom. The Kier molecular flexibility index (Phi) is 4.51. The lowest BCUT2D eigenvalue weighted by molar-refractivity contribution is -0.125. The van der Waals surface area contributed by atoms with E-state index in [9.17, 15) is 10.1 Å². The van der Waals surface area contributed by atoms with Crippen LogP contribution in [-0.2, 0) is 9.53 Å². The molecule has 3 rings (SSSR count). The molecular weight excluding hydrogens is 304 g/mol. The Hall–Kier alpha value is -2.06. The van der Waals surface area contributed by atoms with E-state index < -0.39 is 5.41 Å². The quantitative estimate of drug-likeness (QED) is 0.925. The Bertz CT molecular complexity index is 657. The standard InChI is InChI=1S/C19H24N2O3/c1-18(2)11-15(14-5-3-4-6-16(14)24-18)21-17(22)12-19(13-20)7-9-23-10-8-19/h3-6,15H,7-12H2,1-2H3,(H,21,22). The normalized spacial score (nSPS) is 24.1. The monoisotopic (exact) mass is 328 g/mol. The number of benzene rings is 1. The van der Waals surface area contributed by atoms with Crippen LogP contribution in [-0.4, -0.2) is 24.7 Å². The van der Waals surface area contributed by atoms with Gasteiger partial charge in [-0.05, 0) is 32.8 Å². The van der Waals surface area contributed by atoms with E-state index in [0.717, 1.165) is 11.3 Å². The number of nitriles is 1. The second-order valence-corrected chi connectivity index (χ2v) is 7.41. The second-order valence-electron chi connectivity index (χ2n) is 7.41. The van der Waals surface area contributed by atoms with Gasteiger partial charge in [-0.2, -0.15) is 5.26 Å². The SMILES string of the molecule is CC1(C)CC(NC(=O)CC2(C#N)CCOCC2)c2ccccc2O1. The number of ether oxygens (including phenoxy) is 2. The zero-order chi connectivity index (χ0) is 17.2. The van der Waals surface area contributed by atoms with E-state index in [1.165, 1.54) is 0 Å². The molecule has 0 radical (unpaired) electrons. The molecule has 5 heteroatoms. The first-order valence-corrected chi connectivity index (χ1v) is 8.49. The van der Waals surface area contributed by atoms with Crippen LogP contribution in [0.3, 0.4) is 0 Å². The van der Waals surface area contributed by atoms with Crippen LogP contribution in [0.5, 0.6) is 5.75 Å². The van der Waals surface area contributed by atoms with Gasteiger partial charge in [-0.15, -0.1) is 0 Å². The molecule has 0 saturated carbocycles. The van der Waals surface area contributed by atoms with Crippen molar-refractivity contribution in [1.82, 2.24) is 5.32 Å². The van der Waals surface area contributed by atoms with E-state index in [4.69, 9.17) is 9.47 Å². The van der Waals surface area contributed by atoms with Crippen LogP contribution in [0.2, 0.25) is 0 Å². The average Bonchev–Trinajstić information content (AvgIpc) is 2.54. The number of nitrogens with one attached hydrogen (secondary N) is 1. The number of nitrogens with zero attached hydrogens (tertiary/aromatic N) is 1. The lowest BCUT2D eigenvalue weighted by Crippen LogP contribution is -2.43. The predicted octanol–water partition coefficient (Wildman–Crippen LogP) is 3.12. The summed E-state index contributed by atoms with van der Waals surface area (Å²) in [6.45, 7) is 5.15. The highest BCUT2D eigenvalue weighted by molar-refractivity contribution is 5.78. The molecule has 5 nitrogen and oxygen atoms in total. The first kappa shape index (κ1) is 16.8. The lowest BCUT2D eigenvalue weighted by Gasteiger charge is -2.38. The smallest absolute Gasteiger partial charge is 0.222 e. The van der Waals surface area contributed by atoms with Crippen molar-refractivity contribution in [2.75, 3.05) is 13.2 Å². The minimum absolute atomic E-state index is 0.0732. The van der Waals surface area contributed by atoms with Crippen molar-refractivity contribution in [3.63, 3.8) is 0 Å². The maximum atomic E-state index is 12.6. The fourth-order valence-electron chi connectivity index (χ4n) is 3.57. The van der Waals surface area contributed by atoms with Gasteiger partial charge in [0, 0.05) is 31.6 Å². The first-order chi connectivity index (χ1) is 11.4. The molecule has 2 heterocycles. The van der Waals surface area contributed by atoms with Crippen molar-refractivity contribution in [2.45, 2.75) is 51.2 Å². The summed E-state index contributed by atoms with van der Waals surface area (Å²) in [7, 11) is 0. The van der Waals surface area contributed by atoms with Crippen molar-refractivity contribution in [1.29, 1.82) is 5.26 Å². The topological polar surface area (TPSA) is 71.4 Å². The van der Waals surface area contributed by atoms with Crippen molar-refractivity contribution >= 4 is 5.91 Å². The van der Waals surface area contributed by atoms with E-state index in [1.807, 2.05) is 38.1 Å². The molecule has 1 atom stereocenters. The van der Waals surface area contributed by atoms with Gasteiger partial charge in [0.25, 0.3) is 0 Å². The number of hydrogen-bond donors (Lipinski definition) is 1. The van der Waals surface area contributed by atoms with Gasteiger partial charge in [-0.1, -0.05) is 18.2 Å². The number of rotatable bonds is 3. The molecule has 1 saturated heterocycles. The number of fused-ring (bicyclic) bond motifs is 1. The van der Waals surface area contributed by atoms with Crippen LogP contribution in [0.4, 0.5) is 0 Å². The molecule has 1 N–H and O–H groups in total. The molecule has 24 heavy (non-hydrogen) atoms. The molecule has 0 aromatic heterocycles. The van der Waals surface area contributed by atoms with Gasteiger partial charge >= 0.3 is 0 Å². The Labute approximate surface area is 142 Å². The molecule has 1 aromatic carbocycles. The van der Waals surface area contributed by atoms with Gasteiger partial charge in [-0.25, -0.2) is 0 Å². The van der Waals surface area contributed by atoms with Crippen molar-refractivity contribution < 1.29 is 14.3 Å². The van der Waals surface area contributed by atoms with Gasteiger partial charge in [0.15, 0.2) is 0 Å². The molecular formula is C19H24N2O3. The van der Waals surface area contributed by atoms with Gasteiger partial charge in [0.05, 0.1) is 17.5 Å².